The van der Waals surface area contributed by atoms with Crippen molar-refractivity contribution >= 4 is 22.7 Å². The van der Waals surface area contributed by atoms with E-state index in [-0.39, 0.29) is 51.4 Å². The second-order valence-electron chi connectivity index (χ2n) is 10.2. The summed E-state index contributed by atoms with van der Waals surface area (Å²) < 4.78 is 82.1. The Labute approximate surface area is 240 Å². The van der Waals surface area contributed by atoms with E-state index in [1.807, 2.05) is 0 Å². The van der Waals surface area contributed by atoms with Gasteiger partial charge in [0.05, 0.1) is 25.5 Å². The van der Waals surface area contributed by atoms with Gasteiger partial charge in [-0.25, -0.2) is 18.7 Å². The molecule has 224 valence electrons. The predicted molar refractivity (Wildman–Crippen MR) is 142 cm³/mol. The Morgan fingerprint density at radius 2 is 1.81 bits per heavy atom. The lowest BCUT2D eigenvalue weighted by Crippen LogP contribution is -2.51. The molecular weight excluding hydrogens is 579 g/mol. The molecule has 0 spiro atoms. The number of nitrogens with two attached hydrogens (primary N) is 1. The molecule has 0 fully saturated rings. The zero-order valence-corrected chi connectivity index (χ0v) is 22.6. The van der Waals surface area contributed by atoms with Crippen LogP contribution >= 0.6 is 0 Å². The highest BCUT2D eigenvalue weighted by Crippen LogP contribution is 2.47. The fourth-order valence-electron chi connectivity index (χ4n) is 4.73. The number of hydrogen-bond acceptors (Lipinski definition) is 7. The molecule has 0 bridgehead atoms. The van der Waals surface area contributed by atoms with Crippen LogP contribution in [0.1, 0.15) is 28.5 Å². The molecular formula is C29H23F5N4O5. The summed E-state index contributed by atoms with van der Waals surface area (Å²) in [5, 5.41) is 13.4. The van der Waals surface area contributed by atoms with Crippen molar-refractivity contribution in [3.8, 4) is 22.8 Å². The normalized spacial score (nSPS) is 17.6. The minimum absolute atomic E-state index is 0.0590. The smallest absolute Gasteiger partial charge is 0.424 e. The third-order valence-corrected chi connectivity index (χ3v) is 7.33. The van der Waals surface area contributed by atoms with Gasteiger partial charge in [-0.2, -0.15) is 13.2 Å². The first kappa shape index (κ1) is 29.6. The zero-order valence-electron chi connectivity index (χ0n) is 22.6. The first-order valence-electron chi connectivity index (χ1n) is 12.6. The molecule has 2 aromatic carbocycles. The number of aliphatic hydroxyl groups is 1. The molecule has 1 aliphatic rings. The number of ether oxygens (including phenoxy) is 2. The second-order valence-corrected chi connectivity index (χ2v) is 10.2. The lowest BCUT2D eigenvalue weighted by atomic mass is 9.81. The van der Waals surface area contributed by atoms with Crippen LogP contribution in [0.5, 0.6) is 11.5 Å². The molecule has 3 heterocycles. The molecule has 2 atom stereocenters. The van der Waals surface area contributed by atoms with Gasteiger partial charge in [0.15, 0.2) is 0 Å². The highest BCUT2D eigenvalue weighted by Gasteiger charge is 2.57. The highest BCUT2D eigenvalue weighted by atomic mass is 19.4. The summed E-state index contributed by atoms with van der Waals surface area (Å²) in [5.74, 6) is -3.31. The third kappa shape index (κ3) is 5.07. The first-order valence-corrected chi connectivity index (χ1v) is 12.6. The molecule has 0 radical (unpaired) electrons. The summed E-state index contributed by atoms with van der Waals surface area (Å²) in [6.07, 6.45) is -4.47. The number of primary amides is 1. The van der Waals surface area contributed by atoms with Crippen LogP contribution in [0.25, 0.3) is 22.2 Å². The molecule has 0 saturated heterocycles. The number of benzene rings is 2. The maximum atomic E-state index is 14.6. The molecule has 0 aliphatic carbocycles. The Balaban J connectivity index is 1.59. The fraction of sp³-hybridized carbons (Fsp3) is 0.241. The average Bonchev–Trinajstić information content (AvgIpc) is 3.32. The number of hydrogen-bond donors (Lipinski definition) is 3. The Kier molecular flexibility index (Phi) is 7.20. The molecule has 4 aromatic rings. The van der Waals surface area contributed by atoms with Crippen LogP contribution in [0, 0.1) is 11.6 Å². The maximum absolute atomic E-state index is 14.6. The zero-order chi connectivity index (χ0) is 31.3. The van der Waals surface area contributed by atoms with Gasteiger partial charge in [-0.05, 0) is 55.5 Å². The quantitative estimate of drug-likeness (QED) is 0.273. The fourth-order valence-corrected chi connectivity index (χ4v) is 4.73. The Morgan fingerprint density at radius 3 is 2.44 bits per heavy atom. The van der Waals surface area contributed by atoms with Crippen LogP contribution in [0.4, 0.5) is 22.0 Å². The summed E-state index contributed by atoms with van der Waals surface area (Å²) in [7, 11) is 1.27. The van der Waals surface area contributed by atoms with Crippen molar-refractivity contribution in [1.82, 2.24) is 15.3 Å². The van der Waals surface area contributed by atoms with E-state index in [9.17, 15) is 36.6 Å². The number of carbonyl (C=O) groups is 2. The molecule has 14 heteroatoms. The van der Waals surface area contributed by atoms with Crippen LogP contribution < -0.4 is 20.5 Å². The molecule has 5 rings (SSSR count). The molecule has 1 unspecified atom stereocenters. The number of methoxy groups -OCH3 is 1. The number of fused-ring (bicyclic) bond motifs is 2. The van der Waals surface area contributed by atoms with Crippen molar-refractivity contribution in [2.45, 2.75) is 24.1 Å². The summed E-state index contributed by atoms with van der Waals surface area (Å²) >= 11 is 0. The molecule has 4 N–H and O–H groups in total. The summed E-state index contributed by atoms with van der Waals surface area (Å²) in [6, 6.07) is 8.90. The second kappa shape index (κ2) is 10.5. The van der Waals surface area contributed by atoms with E-state index in [4.69, 9.17) is 15.2 Å². The predicted octanol–water partition coefficient (Wildman–Crippen LogP) is 3.90. The largest absolute Gasteiger partial charge is 0.494 e. The molecule has 0 saturated carbocycles. The van der Waals surface area contributed by atoms with Crippen molar-refractivity contribution in [2.24, 2.45) is 5.73 Å². The molecule has 43 heavy (non-hydrogen) atoms. The van der Waals surface area contributed by atoms with Crippen molar-refractivity contribution in [1.29, 1.82) is 0 Å². The Morgan fingerprint density at radius 1 is 1.12 bits per heavy atom. The van der Waals surface area contributed by atoms with Crippen molar-refractivity contribution in [2.75, 3.05) is 20.3 Å². The van der Waals surface area contributed by atoms with Gasteiger partial charge in [0.2, 0.25) is 11.5 Å². The number of alkyl halides is 3. The maximum Gasteiger partial charge on any atom is 0.424 e. The van der Waals surface area contributed by atoms with Gasteiger partial charge in [-0.1, -0.05) is 0 Å². The van der Waals surface area contributed by atoms with Crippen LogP contribution in [0.15, 0.2) is 54.7 Å². The van der Waals surface area contributed by atoms with Gasteiger partial charge >= 0.3 is 6.18 Å². The summed E-state index contributed by atoms with van der Waals surface area (Å²) in [4.78, 5) is 33.4. The molecule has 9 nitrogen and oxygen atoms in total. The van der Waals surface area contributed by atoms with E-state index in [0.29, 0.717) is 0 Å². The SMILES string of the molecule is COc1cc(C(=O)NCC(O)(c2cc3c(c(-c4ccc(F)cc4)n2)OC[C@]3(C)C(N)=O)C(F)(F)F)cc2cc(F)cnc12. The van der Waals surface area contributed by atoms with Gasteiger partial charge in [-0.15, -0.1) is 0 Å². The number of nitrogens with one attached hydrogen (secondary N) is 1. The van der Waals surface area contributed by atoms with Crippen LogP contribution in [-0.2, 0) is 15.8 Å². The van der Waals surface area contributed by atoms with Gasteiger partial charge in [0.25, 0.3) is 5.91 Å². The third-order valence-electron chi connectivity index (χ3n) is 7.33. The Bertz CT molecular complexity index is 1770. The van der Waals surface area contributed by atoms with E-state index in [1.54, 1.807) is 0 Å². The number of nitrogens with zero attached hydrogens (tertiary/aromatic N) is 2. The van der Waals surface area contributed by atoms with Gasteiger partial charge in [-0.3, -0.25) is 9.59 Å². The van der Waals surface area contributed by atoms with E-state index in [0.717, 1.165) is 30.5 Å². The number of carbonyl (C=O) groups excluding carboxylic acids is 2. The van der Waals surface area contributed by atoms with Crippen molar-refractivity contribution in [3.05, 3.63) is 83.2 Å². The highest BCUT2D eigenvalue weighted by molar-refractivity contribution is 6.00. The lowest BCUT2D eigenvalue weighted by Gasteiger charge is -2.31. The average molecular weight is 603 g/mol. The van der Waals surface area contributed by atoms with Crippen LogP contribution in [0.2, 0.25) is 0 Å². The van der Waals surface area contributed by atoms with E-state index in [2.05, 4.69) is 15.3 Å². The standard InChI is InChI=1S/C29H23F5N4O5/c1-27(26(35)40)13-43-24-19(27)10-21(38-23(24)14-3-5-17(30)6-4-14)28(41,29(32,33)34)12-37-25(39)16-7-15-8-18(31)11-36-22(15)20(9-16)42-2/h3-11,41H,12-13H2,1-2H3,(H2,35,40)(H,37,39)/t27-,28?/m0/s1. The minimum atomic E-state index is -5.40. The number of pyridine rings is 2. The molecule has 1 aliphatic heterocycles. The van der Waals surface area contributed by atoms with Gasteiger partial charge in [0, 0.05) is 22.1 Å². The monoisotopic (exact) mass is 602 g/mol. The Hall–Kier alpha value is -4.85. The van der Waals surface area contributed by atoms with E-state index < -0.39 is 52.9 Å². The number of amides is 2. The minimum Gasteiger partial charge on any atom is -0.494 e. The van der Waals surface area contributed by atoms with Gasteiger partial charge in [0.1, 0.15) is 46.4 Å². The first-order chi connectivity index (χ1) is 20.2. The number of halogens is 5. The van der Waals surface area contributed by atoms with E-state index >= 15 is 0 Å². The van der Waals surface area contributed by atoms with Crippen LogP contribution in [0.3, 0.4) is 0 Å². The number of aromatic nitrogens is 2. The van der Waals surface area contributed by atoms with Gasteiger partial charge < -0.3 is 25.6 Å². The lowest BCUT2D eigenvalue weighted by molar-refractivity contribution is -0.265. The summed E-state index contributed by atoms with van der Waals surface area (Å²) in [6.45, 7) is -0.379. The number of rotatable bonds is 7. The molecule has 2 amide bonds. The van der Waals surface area contributed by atoms with Crippen molar-refractivity contribution in [3.63, 3.8) is 0 Å². The summed E-state index contributed by atoms with van der Waals surface area (Å²) in [5.41, 5.74) is -0.938. The topological polar surface area (TPSA) is 137 Å². The van der Waals surface area contributed by atoms with E-state index in [1.165, 1.54) is 38.3 Å². The molecule has 2 aromatic heterocycles. The van der Waals surface area contributed by atoms with Crippen molar-refractivity contribution < 1.29 is 46.1 Å². The van der Waals surface area contributed by atoms with Crippen LogP contribution in [-0.4, -0.2) is 53.3 Å².